The molecule has 1 saturated heterocycles. The number of hydrogen-bond donors (Lipinski definition) is 1. The lowest BCUT2D eigenvalue weighted by molar-refractivity contribution is 0.114. The normalized spacial score (nSPS) is 20.4. The quantitative estimate of drug-likeness (QED) is 0.320. The summed E-state index contributed by atoms with van der Waals surface area (Å²) < 4.78 is 20.6. The lowest BCUT2D eigenvalue weighted by Gasteiger charge is -2.11. The van der Waals surface area contributed by atoms with E-state index in [9.17, 15) is 0 Å². The minimum absolute atomic E-state index is 0.364. The Bertz CT molecular complexity index is 141. The SMILES string of the molecule is CO[SiH](NCCCOCC1CO1)OC. The van der Waals surface area contributed by atoms with Crippen molar-refractivity contribution in [1.29, 1.82) is 0 Å². The van der Waals surface area contributed by atoms with E-state index in [1.54, 1.807) is 14.2 Å². The van der Waals surface area contributed by atoms with Gasteiger partial charge in [0, 0.05) is 20.8 Å². The Morgan fingerprint density at radius 3 is 2.71 bits per heavy atom. The number of hydrogen-bond acceptors (Lipinski definition) is 5. The van der Waals surface area contributed by atoms with Crippen molar-refractivity contribution in [3.8, 4) is 0 Å². The predicted molar refractivity (Wildman–Crippen MR) is 54.3 cm³/mol. The lowest BCUT2D eigenvalue weighted by Crippen LogP contribution is -2.39. The third-order valence-electron chi connectivity index (χ3n) is 1.91. The average Bonchev–Trinajstić information content (AvgIpc) is 3.01. The highest BCUT2D eigenvalue weighted by Crippen LogP contribution is 2.08. The van der Waals surface area contributed by atoms with Crippen LogP contribution in [0, 0.1) is 0 Å². The van der Waals surface area contributed by atoms with Crippen molar-refractivity contribution >= 4 is 9.45 Å². The Kier molecular flexibility index (Phi) is 6.33. The molecule has 1 aliphatic heterocycles. The molecule has 0 aromatic rings. The largest absolute Gasteiger partial charge is 0.407 e. The molecule has 14 heavy (non-hydrogen) atoms. The molecule has 5 nitrogen and oxygen atoms in total. The number of ether oxygens (including phenoxy) is 2. The van der Waals surface area contributed by atoms with Crippen LogP contribution in [-0.4, -0.2) is 56.1 Å². The maximum atomic E-state index is 5.38. The van der Waals surface area contributed by atoms with Crippen LogP contribution in [-0.2, 0) is 18.3 Å². The number of epoxide rings is 1. The molecule has 0 bridgehead atoms. The Balaban J connectivity index is 1.78. The highest BCUT2D eigenvalue weighted by Gasteiger charge is 2.21. The van der Waals surface area contributed by atoms with E-state index in [0.29, 0.717) is 6.10 Å². The molecule has 1 fully saturated rings. The molecule has 84 valence electrons. The summed E-state index contributed by atoms with van der Waals surface area (Å²) >= 11 is 0. The van der Waals surface area contributed by atoms with E-state index >= 15 is 0 Å². The molecule has 0 saturated carbocycles. The minimum Gasteiger partial charge on any atom is -0.388 e. The van der Waals surface area contributed by atoms with Gasteiger partial charge in [0.25, 0.3) is 0 Å². The fourth-order valence-electron chi connectivity index (χ4n) is 1.04. The zero-order valence-corrected chi connectivity index (χ0v) is 9.98. The van der Waals surface area contributed by atoms with Crippen molar-refractivity contribution < 1.29 is 18.3 Å². The summed E-state index contributed by atoms with van der Waals surface area (Å²) in [6, 6.07) is 0. The molecule has 1 atom stereocenters. The van der Waals surface area contributed by atoms with E-state index in [1.807, 2.05) is 0 Å². The van der Waals surface area contributed by atoms with E-state index in [4.69, 9.17) is 18.3 Å². The zero-order chi connectivity index (χ0) is 10.2. The molecule has 0 aliphatic carbocycles. The first-order valence-corrected chi connectivity index (χ1v) is 6.37. The first-order valence-electron chi connectivity index (χ1n) is 4.85. The first-order chi connectivity index (χ1) is 6.86. The van der Waals surface area contributed by atoms with Gasteiger partial charge in [-0.15, -0.1) is 0 Å². The monoisotopic (exact) mass is 221 g/mol. The first kappa shape index (κ1) is 12.1. The molecule has 6 heteroatoms. The van der Waals surface area contributed by atoms with Crippen molar-refractivity contribution in [2.24, 2.45) is 0 Å². The average molecular weight is 221 g/mol. The fourth-order valence-corrected chi connectivity index (χ4v) is 2.00. The van der Waals surface area contributed by atoms with E-state index in [1.165, 1.54) is 0 Å². The summed E-state index contributed by atoms with van der Waals surface area (Å²) in [5.41, 5.74) is 0. The molecule has 1 rings (SSSR count). The van der Waals surface area contributed by atoms with Crippen LogP contribution in [0.1, 0.15) is 6.42 Å². The fraction of sp³-hybridized carbons (Fsp3) is 1.00. The van der Waals surface area contributed by atoms with Crippen molar-refractivity contribution in [2.75, 3.05) is 40.6 Å². The second-order valence-corrected chi connectivity index (χ2v) is 5.16. The number of rotatable bonds is 9. The third-order valence-corrected chi connectivity index (χ3v) is 3.39. The van der Waals surface area contributed by atoms with Gasteiger partial charge in [0.1, 0.15) is 6.10 Å². The van der Waals surface area contributed by atoms with Gasteiger partial charge in [-0.2, -0.15) is 0 Å². The second-order valence-electron chi connectivity index (χ2n) is 3.14. The van der Waals surface area contributed by atoms with Crippen LogP contribution in [0.5, 0.6) is 0 Å². The Morgan fingerprint density at radius 1 is 1.43 bits per heavy atom. The van der Waals surface area contributed by atoms with Gasteiger partial charge in [-0.05, 0) is 13.0 Å². The molecule has 0 amide bonds. The van der Waals surface area contributed by atoms with Gasteiger partial charge in [-0.3, -0.25) is 4.98 Å². The third kappa shape index (κ3) is 5.69. The summed E-state index contributed by atoms with van der Waals surface area (Å²) in [4.78, 5) is 3.21. The Labute approximate surface area is 86.6 Å². The van der Waals surface area contributed by atoms with Gasteiger partial charge in [0.2, 0.25) is 0 Å². The van der Waals surface area contributed by atoms with Crippen LogP contribution in [0.3, 0.4) is 0 Å². The topological polar surface area (TPSA) is 52.2 Å². The predicted octanol–water partition coefficient (Wildman–Crippen LogP) is -0.608. The van der Waals surface area contributed by atoms with Crippen molar-refractivity contribution in [3.63, 3.8) is 0 Å². The number of nitrogens with one attached hydrogen (secondary N) is 1. The van der Waals surface area contributed by atoms with Crippen molar-refractivity contribution in [2.45, 2.75) is 12.5 Å². The molecule has 0 aromatic carbocycles. The van der Waals surface area contributed by atoms with Gasteiger partial charge >= 0.3 is 9.45 Å². The van der Waals surface area contributed by atoms with Crippen LogP contribution in [0.25, 0.3) is 0 Å². The van der Waals surface area contributed by atoms with Crippen LogP contribution < -0.4 is 4.98 Å². The molecule has 0 spiro atoms. The highest BCUT2D eigenvalue weighted by molar-refractivity contribution is 6.41. The lowest BCUT2D eigenvalue weighted by atomic mass is 10.4. The van der Waals surface area contributed by atoms with Crippen LogP contribution >= 0.6 is 0 Å². The van der Waals surface area contributed by atoms with Gasteiger partial charge in [-0.1, -0.05) is 0 Å². The van der Waals surface area contributed by atoms with E-state index < -0.39 is 9.45 Å². The summed E-state index contributed by atoms with van der Waals surface area (Å²) in [6.07, 6.45) is 1.34. The summed E-state index contributed by atoms with van der Waals surface area (Å²) in [5.74, 6) is 0. The second kappa shape index (κ2) is 7.33. The van der Waals surface area contributed by atoms with Crippen molar-refractivity contribution in [3.05, 3.63) is 0 Å². The summed E-state index contributed by atoms with van der Waals surface area (Å²) in [7, 11) is 1.74. The maximum absolute atomic E-state index is 5.38. The Hall–Kier alpha value is 0.0169. The van der Waals surface area contributed by atoms with E-state index in [-0.39, 0.29) is 0 Å². The maximum Gasteiger partial charge on any atom is 0.407 e. The Morgan fingerprint density at radius 2 is 2.14 bits per heavy atom. The molecule has 1 N–H and O–H groups in total. The smallest absolute Gasteiger partial charge is 0.388 e. The molecule has 1 heterocycles. The van der Waals surface area contributed by atoms with E-state index in [2.05, 4.69) is 4.98 Å². The zero-order valence-electron chi connectivity index (χ0n) is 8.82. The van der Waals surface area contributed by atoms with Gasteiger partial charge < -0.3 is 18.3 Å². The molecular formula is C8H19NO4Si. The van der Waals surface area contributed by atoms with Gasteiger partial charge in [0.05, 0.1) is 13.2 Å². The van der Waals surface area contributed by atoms with Crippen molar-refractivity contribution in [1.82, 2.24) is 4.98 Å². The summed E-state index contributed by atoms with van der Waals surface area (Å²) in [6.45, 7) is 3.24. The van der Waals surface area contributed by atoms with Gasteiger partial charge in [-0.25, -0.2) is 0 Å². The van der Waals surface area contributed by atoms with Crippen LogP contribution in [0.2, 0.25) is 0 Å². The van der Waals surface area contributed by atoms with E-state index in [0.717, 1.165) is 32.8 Å². The molecular weight excluding hydrogens is 202 g/mol. The molecule has 0 radical (unpaired) electrons. The molecule has 0 aromatic heterocycles. The highest BCUT2D eigenvalue weighted by atomic mass is 28.3. The molecule has 1 unspecified atom stereocenters. The van der Waals surface area contributed by atoms with Gasteiger partial charge in [0.15, 0.2) is 0 Å². The summed E-state index contributed by atoms with van der Waals surface area (Å²) in [5, 5.41) is 0. The minimum atomic E-state index is -1.58. The van der Waals surface area contributed by atoms with Crippen LogP contribution in [0.15, 0.2) is 0 Å². The van der Waals surface area contributed by atoms with Crippen LogP contribution in [0.4, 0.5) is 0 Å². The standard InChI is InChI=1S/C8H19NO4Si/c1-10-14(11-2)9-4-3-5-12-6-8-7-13-8/h8-9,14H,3-7H2,1-2H3. The molecule has 1 aliphatic rings.